The summed E-state index contributed by atoms with van der Waals surface area (Å²) in [5.41, 5.74) is 0. The molecule has 1 heterocycles. The molecule has 0 aliphatic carbocycles. The van der Waals surface area contributed by atoms with Crippen LogP contribution in [0.3, 0.4) is 0 Å². The van der Waals surface area contributed by atoms with Gasteiger partial charge in [-0.1, -0.05) is 6.58 Å². The van der Waals surface area contributed by atoms with E-state index in [2.05, 4.69) is 6.58 Å². The Morgan fingerprint density at radius 1 is 1.91 bits per heavy atom. The van der Waals surface area contributed by atoms with Gasteiger partial charge in [-0.25, -0.2) is 4.79 Å². The van der Waals surface area contributed by atoms with Crippen LogP contribution in [0.15, 0.2) is 12.7 Å². The minimum absolute atomic E-state index is 0.351. The molecule has 60 valence electrons. The van der Waals surface area contributed by atoms with Crippen LogP contribution in [0.4, 0.5) is 0 Å². The van der Waals surface area contributed by atoms with Crippen molar-refractivity contribution < 1.29 is 14.3 Å². The van der Waals surface area contributed by atoms with Gasteiger partial charge in [0.05, 0.1) is 6.61 Å². The summed E-state index contributed by atoms with van der Waals surface area (Å²) < 4.78 is 9.78. The third kappa shape index (κ3) is 2.01. The van der Waals surface area contributed by atoms with Crippen LogP contribution in [-0.2, 0) is 14.3 Å². The first-order valence-electron chi connectivity index (χ1n) is 3.23. The van der Waals surface area contributed by atoms with Crippen molar-refractivity contribution in [3.05, 3.63) is 12.7 Å². The predicted octanol–water partition coefficient (Wildman–Crippen LogP) is 0.832. The third-order valence-corrected chi connectivity index (χ3v) is 1.69. The highest BCUT2D eigenvalue weighted by molar-refractivity contribution is 7.80. The third-order valence-electron chi connectivity index (χ3n) is 1.31. The van der Waals surface area contributed by atoms with Gasteiger partial charge in [-0.3, -0.25) is 0 Å². The lowest BCUT2D eigenvalue weighted by molar-refractivity contribution is -0.139. The number of rotatable bonds is 2. The summed E-state index contributed by atoms with van der Waals surface area (Å²) in [4.78, 5) is 10.7. The SMILES string of the molecule is C=CC(=O)OC1CCOC1=S. The largest absolute Gasteiger partial charge is 0.484 e. The van der Waals surface area contributed by atoms with Gasteiger partial charge in [0, 0.05) is 12.5 Å². The summed E-state index contributed by atoms with van der Waals surface area (Å²) in [5.74, 6) is -0.456. The molecule has 0 aromatic heterocycles. The van der Waals surface area contributed by atoms with Crippen molar-refractivity contribution in [2.45, 2.75) is 12.5 Å². The molecule has 1 aliphatic rings. The molecular formula is C7H8O3S. The van der Waals surface area contributed by atoms with Crippen molar-refractivity contribution in [3.8, 4) is 0 Å². The van der Waals surface area contributed by atoms with E-state index in [1.54, 1.807) is 0 Å². The molecule has 4 heteroatoms. The van der Waals surface area contributed by atoms with E-state index in [1.807, 2.05) is 0 Å². The van der Waals surface area contributed by atoms with E-state index >= 15 is 0 Å². The fourth-order valence-corrected chi connectivity index (χ4v) is 1.02. The first kappa shape index (κ1) is 8.20. The van der Waals surface area contributed by atoms with Crippen LogP contribution >= 0.6 is 12.2 Å². The lowest BCUT2D eigenvalue weighted by Gasteiger charge is -2.06. The van der Waals surface area contributed by atoms with Crippen molar-refractivity contribution in [1.29, 1.82) is 0 Å². The summed E-state index contributed by atoms with van der Waals surface area (Å²) in [6.07, 6.45) is 1.41. The maximum atomic E-state index is 10.7. The molecule has 0 N–H and O–H groups in total. The molecule has 1 atom stereocenters. The number of carbonyl (C=O) groups excluding carboxylic acids is 1. The Labute approximate surface area is 70.0 Å². The Hall–Kier alpha value is -0.900. The van der Waals surface area contributed by atoms with Crippen molar-refractivity contribution in [3.63, 3.8) is 0 Å². The molecule has 11 heavy (non-hydrogen) atoms. The van der Waals surface area contributed by atoms with Crippen molar-refractivity contribution >= 4 is 23.2 Å². The maximum Gasteiger partial charge on any atom is 0.330 e. The molecule has 1 saturated heterocycles. The highest BCUT2D eigenvalue weighted by Gasteiger charge is 2.25. The van der Waals surface area contributed by atoms with E-state index in [-0.39, 0.29) is 6.10 Å². The van der Waals surface area contributed by atoms with Gasteiger partial charge in [-0.05, 0) is 12.2 Å². The summed E-state index contributed by atoms with van der Waals surface area (Å²) in [5, 5.41) is 0.361. The normalized spacial score (nSPS) is 22.5. The second kappa shape index (κ2) is 3.48. The van der Waals surface area contributed by atoms with E-state index in [4.69, 9.17) is 21.7 Å². The average Bonchev–Trinajstić information content (AvgIpc) is 2.37. The number of carbonyl (C=O) groups is 1. The molecule has 0 aromatic carbocycles. The number of esters is 1. The van der Waals surface area contributed by atoms with Crippen LogP contribution in [0.25, 0.3) is 0 Å². The molecule has 0 bridgehead atoms. The first-order valence-corrected chi connectivity index (χ1v) is 3.64. The zero-order valence-corrected chi connectivity index (χ0v) is 6.73. The molecule has 0 aromatic rings. The predicted molar refractivity (Wildman–Crippen MR) is 43.2 cm³/mol. The van der Waals surface area contributed by atoms with E-state index in [1.165, 1.54) is 0 Å². The quantitative estimate of drug-likeness (QED) is 0.351. The summed E-state index contributed by atoms with van der Waals surface area (Å²) in [6, 6.07) is 0. The molecule has 1 fully saturated rings. The molecule has 0 radical (unpaired) electrons. The zero-order chi connectivity index (χ0) is 8.27. The molecule has 3 nitrogen and oxygen atoms in total. The average molecular weight is 172 g/mol. The van der Waals surface area contributed by atoms with Gasteiger partial charge in [0.1, 0.15) is 0 Å². The van der Waals surface area contributed by atoms with Crippen molar-refractivity contribution in [2.24, 2.45) is 0 Å². The number of thiocarbonyl (C=S) groups is 1. The number of hydrogen-bond acceptors (Lipinski definition) is 4. The summed E-state index contributed by atoms with van der Waals surface area (Å²) >= 11 is 4.77. The molecule has 0 spiro atoms. The van der Waals surface area contributed by atoms with Crippen LogP contribution in [-0.4, -0.2) is 23.7 Å². The fourth-order valence-electron chi connectivity index (χ4n) is 0.773. The highest BCUT2D eigenvalue weighted by atomic mass is 32.1. The van der Waals surface area contributed by atoms with E-state index in [0.717, 1.165) is 6.08 Å². The monoisotopic (exact) mass is 172 g/mol. The molecule has 0 amide bonds. The molecule has 1 aliphatic heterocycles. The molecule has 1 unspecified atom stereocenters. The topological polar surface area (TPSA) is 35.5 Å². The van der Waals surface area contributed by atoms with E-state index < -0.39 is 5.97 Å². The van der Waals surface area contributed by atoms with Crippen molar-refractivity contribution in [1.82, 2.24) is 0 Å². The highest BCUT2D eigenvalue weighted by Crippen LogP contribution is 2.11. The lowest BCUT2D eigenvalue weighted by atomic mass is 10.3. The summed E-state index contributed by atoms with van der Waals surface area (Å²) in [6.45, 7) is 3.80. The zero-order valence-electron chi connectivity index (χ0n) is 5.91. The lowest BCUT2D eigenvalue weighted by Crippen LogP contribution is -2.19. The summed E-state index contributed by atoms with van der Waals surface area (Å²) in [7, 11) is 0. The van der Waals surface area contributed by atoms with Gasteiger partial charge in [0.15, 0.2) is 6.10 Å². The smallest absolute Gasteiger partial charge is 0.330 e. The Morgan fingerprint density at radius 3 is 3.09 bits per heavy atom. The van der Waals surface area contributed by atoms with Gasteiger partial charge < -0.3 is 9.47 Å². The van der Waals surface area contributed by atoms with Gasteiger partial charge >= 0.3 is 5.97 Å². The van der Waals surface area contributed by atoms with E-state index in [0.29, 0.717) is 18.1 Å². The fraction of sp³-hybridized carbons (Fsp3) is 0.429. The van der Waals surface area contributed by atoms with Crippen LogP contribution in [0.2, 0.25) is 0 Å². The molecule has 0 saturated carbocycles. The van der Waals surface area contributed by atoms with Crippen LogP contribution in [0.5, 0.6) is 0 Å². The Bertz CT molecular complexity index is 200. The Morgan fingerprint density at radius 2 is 2.64 bits per heavy atom. The minimum Gasteiger partial charge on any atom is -0.484 e. The molecular weight excluding hydrogens is 164 g/mol. The minimum atomic E-state index is -0.456. The van der Waals surface area contributed by atoms with Crippen LogP contribution in [0.1, 0.15) is 6.42 Å². The second-order valence-electron chi connectivity index (χ2n) is 2.09. The first-order chi connectivity index (χ1) is 5.24. The molecule has 1 rings (SSSR count). The maximum absolute atomic E-state index is 10.7. The van der Waals surface area contributed by atoms with Gasteiger partial charge in [0.25, 0.3) is 0 Å². The van der Waals surface area contributed by atoms with Crippen LogP contribution < -0.4 is 0 Å². The van der Waals surface area contributed by atoms with Gasteiger partial charge in [-0.15, -0.1) is 0 Å². The standard InChI is InChI=1S/C7H8O3S/c1-2-6(8)10-5-3-4-9-7(5)11/h2,5H,1,3-4H2. The van der Waals surface area contributed by atoms with Crippen LogP contribution in [0, 0.1) is 0 Å². The Balaban J connectivity index is 2.42. The van der Waals surface area contributed by atoms with E-state index in [9.17, 15) is 4.79 Å². The second-order valence-corrected chi connectivity index (χ2v) is 2.49. The number of hydrogen-bond donors (Lipinski definition) is 0. The number of ether oxygens (including phenoxy) is 2. The van der Waals surface area contributed by atoms with Crippen molar-refractivity contribution in [2.75, 3.05) is 6.61 Å². The van der Waals surface area contributed by atoms with Gasteiger partial charge in [-0.2, -0.15) is 0 Å². The van der Waals surface area contributed by atoms with Gasteiger partial charge in [0.2, 0.25) is 5.05 Å². The Kier molecular flexibility index (Phi) is 2.59.